The molecule has 0 atom stereocenters. The summed E-state index contributed by atoms with van der Waals surface area (Å²) in [5.74, 6) is 0.564. The molecule has 2 aromatic rings. The smallest absolute Gasteiger partial charge is 0.0997 e. The zero-order valence-electron chi connectivity index (χ0n) is 9.79. The summed E-state index contributed by atoms with van der Waals surface area (Å²) in [4.78, 5) is 4.30. The van der Waals surface area contributed by atoms with Crippen LogP contribution in [-0.4, -0.2) is 9.55 Å². The summed E-state index contributed by atoms with van der Waals surface area (Å²) >= 11 is 5.85. The monoisotopic (exact) mass is 234 g/mol. The third-order valence-corrected chi connectivity index (χ3v) is 3.29. The fourth-order valence-electron chi connectivity index (χ4n) is 1.74. The van der Waals surface area contributed by atoms with Crippen molar-refractivity contribution in [3.63, 3.8) is 0 Å². The van der Waals surface area contributed by atoms with Crippen LogP contribution in [-0.2, 0) is 5.88 Å². The molecule has 0 fully saturated rings. The third kappa shape index (κ3) is 1.85. The molecule has 0 unspecified atom stereocenters. The van der Waals surface area contributed by atoms with Gasteiger partial charge in [0.15, 0.2) is 0 Å². The lowest BCUT2D eigenvalue weighted by Crippen LogP contribution is -1.97. The quantitative estimate of drug-likeness (QED) is 0.727. The van der Waals surface area contributed by atoms with E-state index in [9.17, 15) is 0 Å². The van der Waals surface area contributed by atoms with Gasteiger partial charge in [0, 0.05) is 17.3 Å². The van der Waals surface area contributed by atoms with E-state index in [0.717, 1.165) is 11.4 Å². The van der Waals surface area contributed by atoms with E-state index in [4.69, 9.17) is 11.6 Å². The highest BCUT2D eigenvalue weighted by molar-refractivity contribution is 6.17. The standard InChI is InChI=1S/C13H15ClN2/c1-9-6-13(5-4-12(9)7-14)16-8-15-10(2)11(16)3/h4-6,8H,7H2,1-3H3. The lowest BCUT2D eigenvalue weighted by molar-refractivity contribution is 0.995. The van der Waals surface area contributed by atoms with E-state index in [2.05, 4.69) is 41.6 Å². The van der Waals surface area contributed by atoms with Gasteiger partial charge in [0.1, 0.15) is 0 Å². The number of aromatic nitrogens is 2. The fourth-order valence-corrected chi connectivity index (χ4v) is 2.04. The predicted octanol–water partition coefficient (Wildman–Crippen LogP) is 3.54. The van der Waals surface area contributed by atoms with Gasteiger partial charge in [-0.1, -0.05) is 6.07 Å². The van der Waals surface area contributed by atoms with Crippen LogP contribution in [0.25, 0.3) is 5.69 Å². The Morgan fingerprint density at radius 3 is 2.50 bits per heavy atom. The van der Waals surface area contributed by atoms with E-state index in [1.54, 1.807) is 0 Å². The minimum atomic E-state index is 0.564. The van der Waals surface area contributed by atoms with E-state index in [1.165, 1.54) is 16.8 Å². The maximum atomic E-state index is 5.85. The predicted molar refractivity (Wildman–Crippen MR) is 67.3 cm³/mol. The van der Waals surface area contributed by atoms with Crippen LogP contribution >= 0.6 is 11.6 Å². The van der Waals surface area contributed by atoms with Crippen molar-refractivity contribution in [2.45, 2.75) is 26.7 Å². The Kier molecular flexibility index (Phi) is 3.01. The van der Waals surface area contributed by atoms with Crippen LogP contribution in [0.4, 0.5) is 0 Å². The highest BCUT2D eigenvalue weighted by Gasteiger charge is 2.05. The highest BCUT2D eigenvalue weighted by atomic mass is 35.5. The SMILES string of the molecule is Cc1cc(-n2cnc(C)c2C)ccc1CCl. The van der Waals surface area contributed by atoms with E-state index < -0.39 is 0 Å². The largest absolute Gasteiger partial charge is 0.303 e. The number of benzene rings is 1. The van der Waals surface area contributed by atoms with Gasteiger partial charge < -0.3 is 4.57 Å². The molecule has 0 saturated carbocycles. The summed E-state index contributed by atoms with van der Waals surface area (Å²) in [6.07, 6.45) is 1.86. The molecule has 2 rings (SSSR count). The zero-order valence-corrected chi connectivity index (χ0v) is 10.5. The van der Waals surface area contributed by atoms with E-state index in [0.29, 0.717) is 5.88 Å². The van der Waals surface area contributed by atoms with Crippen molar-refractivity contribution in [1.82, 2.24) is 9.55 Å². The van der Waals surface area contributed by atoms with Gasteiger partial charge in [-0.25, -0.2) is 4.98 Å². The topological polar surface area (TPSA) is 17.8 Å². The Morgan fingerprint density at radius 1 is 1.25 bits per heavy atom. The third-order valence-electron chi connectivity index (χ3n) is 3.00. The van der Waals surface area contributed by atoms with E-state index in [-0.39, 0.29) is 0 Å². The molecule has 0 radical (unpaired) electrons. The summed E-state index contributed by atoms with van der Waals surface area (Å²) in [6, 6.07) is 6.30. The van der Waals surface area contributed by atoms with Crippen molar-refractivity contribution < 1.29 is 0 Å². The maximum Gasteiger partial charge on any atom is 0.0997 e. The number of alkyl halides is 1. The molecule has 1 aromatic heterocycles. The first kappa shape index (κ1) is 11.2. The van der Waals surface area contributed by atoms with Gasteiger partial charge in [0.25, 0.3) is 0 Å². The maximum absolute atomic E-state index is 5.85. The molecule has 1 aromatic carbocycles. The van der Waals surface area contributed by atoms with Gasteiger partial charge in [-0.05, 0) is 44.0 Å². The van der Waals surface area contributed by atoms with Crippen LogP contribution in [0.15, 0.2) is 24.5 Å². The molecular weight excluding hydrogens is 220 g/mol. The zero-order chi connectivity index (χ0) is 11.7. The minimum absolute atomic E-state index is 0.564. The van der Waals surface area contributed by atoms with Crippen LogP contribution < -0.4 is 0 Å². The average Bonchev–Trinajstić information content (AvgIpc) is 2.60. The molecule has 0 amide bonds. The van der Waals surface area contributed by atoms with Crippen molar-refractivity contribution in [2.75, 3.05) is 0 Å². The highest BCUT2D eigenvalue weighted by Crippen LogP contribution is 2.18. The summed E-state index contributed by atoms with van der Waals surface area (Å²) in [5.41, 5.74) is 5.79. The Morgan fingerprint density at radius 2 is 2.00 bits per heavy atom. The minimum Gasteiger partial charge on any atom is -0.303 e. The Labute approximate surface area is 101 Å². The molecule has 1 heterocycles. The van der Waals surface area contributed by atoms with Gasteiger partial charge in [-0.15, -0.1) is 11.6 Å². The Balaban J connectivity index is 2.49. The molecule has 84 valence electrons. The van der Waals surface area contributed by atoms with Gasteiger partial charge in [0.05, 0.1) is 12.0 Å². The lowest BCUT2D eigenvalue weighted by Gasteiger charge is -2.09. The molecule has 0 bridgehead atoms. The van der Waals surface area contributed by atoms with Crippen molar-refractivity contribution >= 4 is 11.6 Å². The lowest BCUT2D eigenvalue weighted by atomic mass is 10.1. The van der Waals surface area contributed by atoms with Gasteiger partial charge >= 0.3 is 0 Å². The second-order valence-electron chi connectivity index (χ2n) is 4.03. The van der Waals surface area contributed by atoms with Crippen molar-refractivity contribution in [3.8, 4) is 5.69 Å². The first-order chi connectivity index (χ1) is 7.63. The summed E-state index contributed by atoms with van der Waals surface area (Å²) < 4.78 is 2.10. The second kappa shape index (κ2) is 4.30. The number of nitrogens with zero attached hydrogens (tertiary/aromatic N) is 2. The molecular formula is C13H15ClN2. The Bertz CT molecular complexity index is 515. The van der Waals surface area contributed by atoms with E-state index in [1.807, 2.05) is 13.3 Å². The number of halogens is 1. The number of imidazole rings is 1. The second-order valence-corrected chi connectivity index (χ2v) is 4.30. The number of hydrogen-bond acceptors (Lipinski definition) is 1. The molecule has 0 spiro atoms. The molecule has 0 saturated heterocycles. The fraction of sp³-hybridized carbons (Fsp3) is 0.308. The number of hydrogen-bond donors (Lipinski definition) is 0. The molecule has 0 aliphatic carbocycles. The van der Waals surface area contributed by atoms with Crippen LogP contribution in [0.1, 0.15) is 22.5 Å². The van der Waals surface area contributed by atoms with Gasteiger partial charge in [-0.2, -0.15) is 0 Å². The molecule has 0 aliphatic rings. The van der Waals surface area contributed by atoms with Crippen LogP contribution in [0.3, 0.4) is 0 Å². The van der Waals surface area contributed by atoms with Gasteiger partial charge in [-0.3, -0.25) is 0 Å². The van der Waals surface area contributed by atoms with E-state index >= 15 is 0 Å². The van der Waals surface area contributed by atoms with Crippen LogP contribution in [0.5, 0.6) is 0 Å². The normalized spacial score (nSPS) is 10.8. The summed E-state index contributed by atoms with van der Waals surface area (Å²) in [5, 5.41) is 0. The molecule has 0 N–H and O–H groups in total. The molecule has 3 heteroatoms. The number of aryl methyl sites for hydroxylation is 2. The Hall–Kier alpha value is -1.28. The van der Waals surface area contributed by atoms with Crippen molar-refractivity contribution in [3.05, 3.63) is 47.0 Å². The van der Waals surface area contributed by atoms with Gasteiger partial charge in [0.2, 0.25) is 0 Å². The summed E-state index contributed by atoms with van der Waals surface area (Å²) in [7, 11) is 0. The molecule has 0 aliphatic heterocycles. The first-order valence-electron chi connectivity index (χ1n) is 5.30. The molecule has 2 nitrogen and oxygen atoms in total. The average molecular weight is 235 g/mol. The van der Waals surface area contributed by atoms with Crippen LogP contribution in [0, 0.1) is 20.8 Å². The molecule has 16 heavy (non-hydrogen) atoms. The summed E-state index contributed by atoms with van der Waals surface area (Å²) in [6.45, 7) is 6.18. The first-order valence-corrected chi connectivity index (χ1v) is 5.83. The number of rotatable bonds is 2. The van der Waals surface area contributed by atoms with Crippen molar-refractivity contribution in [1.29, 1.82) is 0 Å². The van der Waals surface area contributed by atoms with Crippen molar-refractivity contribution in [2.24, 2.45) is 0 Å². The van der Waals surface area contributed by atoms with Crippen LogP contribution in [0.2, 0.25) is 0 Å².